The number of nitrogens with zero attached hydrogens (tertiary/aromatic N) is 5. The molecule has 0 unspecified atom stereocenters. The highest BCUT2D eigenvalue weighted by atomic mass is 15.4. The van der Waals surface area contributed by atoms with E-state index in [1.807, 2.05) is 7.05 Å². The van der Waals surface area contributed by atoms with Crippen molar-refractivity contribution in [2.75, 3.05) is 41.9 Å². The molecule has 3 N–H and O–H groups in total. The number of hydrogen-bond donors (Lipinski definition) is 2. The number of rotatable bonds is 6. The Kier molecular flexibility index (Phi) is 5.34. The summed E-state index contributed by atoms with van der Waals surface area (Å²) in [5.74, 6) is 7.32. The van der Waals surface area contributed by atoms with E-state index < -0.39 is 0 Å². The SMILES string of the molecule is CCCCN(C)c1nc(NN)nc(N2CCCCC2)n1. The van der Waals surface area contributed by atoms with Crippen molar-refractivity contribution in [1.82, 2.24) is 15.0 Å². The minimum atomic E-state index is 0.430. The van der Waals surface area contributed by atoms with E-state index in [0.29, 0.717) is 11.9 Å². The Morgan fingerprint density at radius 1 is 1.20 bits per heavy atom. The number of hydrazine groups is 1. The molecular formula is C13H25N7. The zero-order valence-corrected chi connectivity index (χ0v) is 12.5. The summed E-state index contributed by atoms with van der Waals surface area (Å²) in [6.07, 6.45) is 5.94. The van der Waals surface area contributed by atoms with Crippen molar-refractivity contribution < 1.29 is 0 Å². The van der Waals surface area contributed by atoms with E-state index in [1.165, 1.54) is 19.3 Å². The van der Waals surface area contributed by atoms with Crippen LogP contribution in [0.4, 0.5) is 17.8 Å². The third kappa shape index (κ3) is 3.69. The average Bonchev–Trinajstić information content (AvgIpc) is 2.52. The Balaban J connectivity index is 2.18. The van der Waals surface area contributed by atoms with Gasteiger partial charge in [-0.15, -0.1) is 0 Å². The molecule has 0 amide bonds. The number of unbranched alkanes of at least 4 members (excludes halogenated alkanes) is 1. The van der Waals surface area contributed by atoms with Crippen LogP contribution in [-0.4, -0.2) is 41.6 Å². The number of aromatic nitrogens is 3. The summed E-state index contributed by atoms with van der Waals surface area (Å²) in [6.45, 7) is 5.12. The lowest BCUT2D eigenvalue weighted by molar-refractivity contribution is 0.567. The molecule has 0 atom stereocenters. The predicted molar refractivity (Wildman–Crippen MR) is 81.9 cm³/mol. The number of nitrogens with one attached hydrogen (secondary N) is 1. The third-order valence-electron chi connectivity index (χ3n) is 3.57. The highest BCUT2D eigenvalue weighted by Gasteiger charge is 2.17. The highest BCUT2D eigenvalue weighted by Crippen LogP contribution is 2.19. The molecule has 112 valence electrons. The Bertz CT molecular complexity index is 417. The molecule has 0 aliphatic carbocycles. The lowest BCUT2D eigenvalue weighted by Gasteiger charge is -2.27. The molecule has 1 saturated heterocycles. The minimum absolute atomic E-state index is 0.430. The van der Waals surface area contributed by atoms with Gasteiger partial charge >= 0.3 is 0 Å². The van der Waals surface area contributed by atoms with Crippen molar-refractivity contribution in [3.63, 3.8) is 0 Å². The molecule has 20 heavy (non-hydrogen) atoms. The Morgan fingerprint density at radius 3 is 2.60 bits per heavy atom. The number of hydrogen-bond acceptors (Lipinski definition) is 7. The van der Waals surface area contributed by atoms with Crippen molar-refractivity contribution in [2.45, 2.75) is 39.0 Å². The summed E-state index contributed by atoms with van der Waals surface area (Å²) in [6, 6.07) is 0. The van der Waals surface area contributed by atoms with Crippen LogP contribution in [0.2, 0.25) is 0 Å². The molecule has 7 heteroatoms. The average molecular weight is 279 g/mol. The third-order valence-corrected chi connectivity index (χ3v) is 3.57. The monoisotopic (exact) mass is 279 g/mol. The van der Waals surface area contributed by atoms with E-state index in [9.17, 15) is 0 Å². The van der Waals surface area contributed by atoms with Gasteiger partial charge in [-0.05, 0) is 25.7 Å². The van der Waals surface area contributed by atoms with Gasteiger partial charge in [0.15, 0.2) is 0 Å². The summed E-state index contributed by atoms with van der Waals surface area (Å²) < 4.78 is 0. The van der Waals surface area contributed by atoms with Crippen LogP contribution in [0.15, 0.2) is 0 Å². The Hall–Kier alpha value is -1.63. The van der Waals surface area contributed by atoms with Gasteiger partial charge in [0.2, 0.25) is 17.8 Å². The summed E-state index contributed by atoms with van der Waals surface area (Å²) in [5, 5.41) is 0. The summed E-state index contributed by atoms with van der Waals surface area (Å²) in [4.78, 5) is 17.6. The van der Waals surface area contributed by atoms with E-state index in [1.54, 1.807) is 0 Å². The lowest BCUT2D eigenvalue weighted by atomic mass is 10.1. The van der Waals surface area contributed by atoms with Gasteiger partial charge in [0, 0.05) is 26.7 Å². The van der Waals surface area contributed by atoms with Crippen LogP contribution in [-0.2, 0) is 0 Å². The first-order valence-electron chi connectivity index (χ1n) is 7.43. The normalized spacial score (nSPS) is 15.2. The van der Waals surface area contributed by atoms with Crippen molar-refractivity contribution in [1.29, 1.82) is 0 Å². The lowest BCUT2D eigenvalue weighted by Crippen LogP contribution is -2.32. The van der Waals surface area contributed by atoms with Crippen LogP contribution in [0.3, 0.4) is 0 Å². The van der Waals surface area contributed by atoms with Gasteiger partial charge in [-0.2, -0.15) is 15.0 Å². The fourth-order valence-electron chi connectivity index (χ4n) is 2.32. The smallest absolute Gasteiger partial charge is 0.243 e. The zero-order valence-electron chi connectivity index (χ0n) is 12.5. The van der Waals surface area contributed by atoms with Crippen LogP contribution >= 0.6 is 0 Å². The molecule has 7 nitrogen and oxygen atoms in total. The van der Waals surface area contributed by atoms with Gasteiger partial charge < -0.3 is 9.80 Å². The highest BCUT2D eigenvalue weighted by molar-refractivity contribution is 5.44. The first-order chi connectivity index (χ1) is 9.74. The standard InChI is InChI=1S/C13H25N7/c1-3-4-8-19(2)12-15-11(18-14)16-13(17-12)20-9-6-5-7-10-20/h3-10,14H2,1-2H3,(H,15,16,17,18). The molecule has 2 rings (SSSR count). The number of anilines is 3. The molecule has 1 aromatic heterocycles. The molecule has 0 bridgehead atoms. The topological polar surface area (TPSA) is 83.2 Å². The van der Waals surface area contributed by atoms with Gasteiger partial charge in [0.1, 0.15) is 0 Å². The quantitative estimate of drug-likeness (QED) is 0.601. The maximum Gasteiger partial charge on any atom is 0.243 e. The fraction of sp³-hybridized carbons (Fsp3) is 0.769. The molecule has 2 heterocycles. The van der Waals surface area contributed by atoms with Gasteiger partial charge in [0.25, 0.3) is 0 Å². The van der Waals surface area contributed by atoms with Gasteiger partial charge in [0.05, 0.1) is 0 Å². The second-order valence-corrected chi connectivity index (χ2v) is 5.23. The maximum absolute atomic E-state index is 5.48. The second-order valence-electron chi connectivity index (χ2n) is 5.23. The molecule has 1 fully saturated rings. The first kappa shape index (κ1) is 14.8. The Labute approximate surface area is 120 Å². The number of piperidine rings is 1. The number of nitrogens with two attached hydrogens (primary N) is 1. The summed E-state index contributed by atoms with van der Waals surface area (Å²) in [7, 11) is 2.01. The minimum Gasteiger partial charge on any atom is -0.344 e. The maximum atomic E-state index is 5.48. The molecule has 0 saturated carbocycles. The van der Waals surface area contributed by atoms with Crippen molar-refractivity contribution >= 4 is 17.8 Å². The molecule has 0 aromatic carbocycles. The molecular weight excluding hydrogens is 254 g/mol. The largest absolute Gasteiger partial charge is 0.344 e. The summed E-state index contributed by atoms with van der Waals surface area (Å²) >= 11 is 0. The predicted octanol–water partition coefficient (Wildman–Crippen LogP) is 1.38. The Morgan fingerprint density at radius 2 is 1.95 bits per heavy atom. The van der Waals surface area contributed by atoms with Crippen molar-refractivity contribution in [3.8, 4) is 0 Å². The van der Waals surface area contributed by atoms with E-state index in [2.05, 4.69) is 37.1 Å². The van der Waals surface area contributed by atoms with Gasteiger partial charge in [-0.25, -0.2) is 5.84 Å². The van der Waals surface area contributed by atoms with Crippen LogP contribution in [0, 0.1) is 0 Å². The van der Waals surface area contributed by atoms with Crippen LogP contribution in [0.5, 0.6) is 0 Å². The molecule has 1 aliphatic rings. The molecule has 1 aromatic rings. The zero-order chi connectivity index (χ0) is 14.4. The van der Waals surface area contributed by atoms with Gasteiger partial charge in [-0.3, -0.25) is 5.43 Å². The molecule has 1 aliphatic heterocycles. The van der Waals surface area contributed by atoms with Gasteiger partial charge in [-0.1, -0.05) is 13.3 Å². The fourth-order valence-corrected chi connectivity index (χ4v) is 2.32. The molecule has 0 spiro atoms. The van der Waals surface area contributed by atoms with E-state index in [4.69, 9.17) is 5.84 Å². The molecule has 0 radical (unpaired) electrons. The number of nitrogen functional groups attached to an aromatic ring is 1. The summed E-state index contributed by atoms with van der Waals surface area (Å²) in [5.41, 5.74) is 2.54. The van der Waals surface area contributed by atoms with E-state index in [-0.39, 0.29) is 0 Å². The first-order valence-corrected chi connectivity index (χ1v) is 7.43. The van der Waals surface area contributed by atoms with E-state index in [0.717, 1.165) is 38.4 Å². The van der Waals surface area contributed by atoms with Crippen LogP contribution in [0.1, 0.15) is 39.0 Å². The van der Waals surface area contributed by atoms with Crippen molar-refractivity contribution in [2.24, 2.45) is 5.84 Å². The van der Waals surface area contributed by atoms with Crippen LogP contribution in [0.25, 0.3) is 0 Å². The van der Waals surface area contributed by atoms with Crippen molar-refractivity contribution in [3.05, 3.63) is 0 Å². The van der Waals surface area contributed by atoms with Crippen LogP contribution < -0.4 is 21.1 Å². The van der Waals surface area contributed by atoms with E-state index >= 15 is 0 Å². The second kappa shape index (κ2) is 7.23.